The monoisotopic (exact) mass is 338 g/mol. The molecule has 0 saturated carbocycles. The summed E-state index contributed by atoms with van der Waals surface area (Å²) in [5.41, 5.74) is 2.38. The van der Waals surface area contributed by atoms with E-state index in [0.29, 0.717) is 13.2 Å². The molecular formula is C19H30O5. The number of aliphatic carboxylic acids is 1. The van der Waals surface area contributed by atoms with E-state index in [0.717, 1.165) is 18.4 Å². The first kappa shape index (κ1) is 20.6. The van der Waals surface area contributed by atoms with Gasteiger partial charge in [0.2, 0.25) is 0 Å². The van der Waals surface area contributed by atoms with Crippen molar-refractivity contribution in [3.05, 3.63) is 35.5 Å². The maximum atomic E-state index is 10.9. The van der Waals surface area contributed by atoms with Gasteiger partial charge in [-0.2, -0.15) is 0 Å². The van der Waals surface area contributed by atoms with Crippen molar-refractivity contribution in [1.82, 2.24) is 0 Å². The zero-order valence-electron chi connectivity index (χ0n) is 15.2. The fourth-order valence-corrected chi connectivity index (χ4v) is 2.69. The van der Waals surface area contributed by atoms with Crippen molar-refractivity contribution in [3.63, 3.8) is 0 Å². The second kappa shape index (κ2) is 11.2. The standard InChI is InChI=1S/C19H30O5/c1-14-7-5-6-8-17(22-4)19(24-13-18(20)21)16(3)11-15(2)12-23-10-9-14/h6,8-9,11,16-17,19H,5,7,10,12-13H2,1-4H3,(H,20,21)/b8-6+,14-9-,15-11-/t16-,17+,19+/m1/s1. The molecule has 0 unspecified atom stereocenters. The molecule has 1 heterocycles. The van der Waals surface area contributed by atoms with Crippen molar-refractivity contribution < 1.29 is 24.1 Å². The van der Waals surface area contributed by atoms with Gasteiger partial charge in [-0.25, -0.2) is 4.79 Å². The summed E-state index contributed by atoms with van der Waals surface area (Å²) in [6.45, 7) is 6.92. The lowest BCUT2D eigenvalue weighted by Gasteiger charge is -2.28. The molecule has 0 aromatic carbocycles. The summed E-state index contributed by atoms with van der Waals surface area (Å²) in [5.74, 6) is -0.979. The lowest BCUT2D eigenvalue weighted by Crippen LogP contribution is -2.36. The van der Waals surface area contributed by atoms with Gasteiger partial charge in [-0.1, -0.05) is 42.4 Å². The Labute approximate surface area is 145 Å². The van der Waals surface area contributed by atoms with Gasteiger partial charge < -0.3 is 19.3 Å². The van der Waals surface area contributed by atoms with E-state index in [1.54, 1.807) is 7.11 Å². The minimum Gasteiger partial charge on any atom is -0.480 e. The Balaban J connectivity index is 2.98. The van der Waals surface area contributed by atoms with Gasteiger partial charge in [0, 0.05) is 13.0 Å². The van der Waals surface area contributed by atoms with Gasteiger partial charge in [0.1, 0.15) is 12.7 Å². The summed E-state index contributed by atoms with van der Waals surface area (Å²) < 4.78 is 16.8. The van der Waals surface area contributed by atoms with Crippen LogP contribution in [0.1, 0.15) is 33.6 Å². The smallest absolute Gasteiger partial charge is 0.329 e. The number of carbonyl (C=O) groups is 1. The number of hydrogen-bond donors (Lipinski definition) is 1. The third kappa shape index (κ3) is 7.90. The topological polar surface area (TPSA) is 65.0 Å². The summed E-state index contributed by atoms with van der Waals surface area (Å²) in [6.07, 6.45) is 9.42. The van der Waals surface area contributed by atoms with Crippen LogP contribution in [0.25, 0.3) is 0 Å². The zero-order chi connectivity index (χ0) is 17.9. The minimum absolute atomic E-state index is 0.00256. The van der Waals surface area contributed by atoms with Crippen molar-refractivity contribution in [2.24, 2.45) is 5.92 Å². The first-order valence-electron chi connectivity index (χ1n) is 8.37. The normalized spacial score (nSPS) is 32.8. The molecule has 1 N–H and O–H groups in total. The molecule has 0 aromatic heterocycles. The van der Waals surface area contributed by atoms with E-state index in [9.17, 15) is 4.79 Å². The Kier molecular flexibility index (Phi) is 9.60. The number of methoxy groups -OCH3 is 1. The van der Waals surface area contributed by atoms with Crippen LogP contribution in [-0.2, 0) is 19.0 Å². The summed E-state index contributed by atoms with van der Waals surface area (Å²) in [5, 5.41) is 8.92. The fraction of sp³-hybridized carbons (Fsp3) is 0.632. The molecule has 0 aliphatic carbocycles. The van der Waals surface area contributed by atoms with Crippen LogP contribution in [0.5, 0.6) is 0 Å². The largest absolute Gasteiger partial charge is 0.480 e. The maximum Gasteiger partial charge on any atom is 0.329 e. The van der Waals surface area contributed by atoms with Crippen LogP contribution < -0.4 is 0 Å². The van der Waals surface area contributed by atoms with Crippen molar-refractivity contribution in [2.75, 3.05) is 26.9 Å². The summed E-state index contributed by atoms with van der Waals surface area (Å²) >= 11 is 0. The molecule has 0 spiro atoms. The number of rotatable bonds is 4. The number of carboxylic acids is 1. The van der Waals surface area contributed by atoms with Crippen LogP contribution in [0.2, 0.25) is 0 Å². The average molecular weight is 338 g/mol. The average Bonchev–Trinajstić information content (AvgIpc) is 2.52. The molecule has 3 atom stereocenters. The van der Waals surface area contributed by atoms with Gasteiger partial charge in [0.15, 0.2) is 0 Å². The van der Waals surface area contributed by atoms with Crippen LogP contribution in [-0.4, -0.2) is 50.2 Å². The molecule has 1 aliphatic heterocycles. The van der Waals surface area contributed by atoms with E-state index in [4.69, 9.17) is 19.3 Å². The number of allylic oxidation sites excluding steroid dienone is 2. The molecule has 5 heteroatoms. The quantitative estimate of drug-likeness (QED) is 0.796. The van der Waals surface area contributed by atoms with Gasteiger partial charge in [0.25, 0.3) is 0 Å². The van der Waals surface area contributed by atoms with Gasteiger partial charge in [-0.3, -0.25) is 0 Å². The van der Waals surface area contributed by atoms with Crippen LogP contribution in [0, 0.1) is 5.92 Å². The number of hydrogen-bond acceptors (Lipinski definition) is 4. The van der Waals surface area contributed by atoms with Gasteiger partial charge in [0.05, 0.1) is 19.3 Å². The molecule has 5 nitrogen and oxygen atoms in total. The highest BCUT2D eigenvalue weighted by Crippen LogP contribution is 2.19. The Bertz CT molecular complexity index is 478. The summed E-state index contributed by atoms with van der Waals surface area (Å²) in [4.78, 5) is 10.9. The van der Waals surface area contributed by atoms with E-state index in [-0.39, 0.29) is 24.7 Å². The molecule has 0 aromatic rings. The predicted octanol–water partition coefficient (Wildman–Crippen LogP) is 3.37. The van der Waals surface area contributed by atoms with Crippen LogP contribution >= 0.6 is 0 Å². The highest BCUT2D eigenvalue weighted by molar-refractivity contribution is 5.68. The molecule has 0 fully saturated rings. The molecule has 0 amide bonds. The molecule has 1 rings (SSSR count). The van der Waals surface area contributed by atoms with Crippen molar-refractivity contribution >= 4 is 5.97 Å². The molecule has 1 aliphatic rings. The van der Waals surface area contributed by atoms with E-state index >= 15 is 0 Å². The molecular weight excluding hydrogens is 308 g/mol. The highest BCUT2D eigenvalue weighted by atomic mass is 16.5. The Morgan fingerprint density at radius 1 is 1.38 bits per heavy atom. The Morgan fingerprint density at radius 2 is 2.12 bits per heavy atom. The minimum atomic E-state index is -0.981. The lowest BCUT2D eigenvalue weighted by molar-refractivity contribution is -0.148. The summed E-state index contributed by atoms with van der Waals surface area (Å²) in [7, 11) is 1.62. The fourth-order valence-electron chi connectivity index (χ4n) is 2.69. The SMILES string of the molecule is CO[C@H]1/C=C/CC/C(C)=C\COC/C(C)=C\[C@@H](C)[C@@H]1OCC(=O)O. The van der Waals surface area contributed by atoms with E-state index in [1.165, 1.54) is 5.57 Å². The first-order valence-corrected chi connectivity index (χ1v) is 8.37. The van der Waals surface area contributed by atoms with Crippen molar-refractivity contribution in [2.45, 2.75) is 45.8 Å². The Morgan fingerprint density at radius 3 is 2.79 bits per heavy atom. The summed E-state index contributed by atoms with van der Waals surface area (Å²) in [6, 6.07) is 0. The van der Waals surface area contributed by atoms with Crippen LogP contribution in [0.3, 0.4) is 0 Å². The molecule has 0 bridgehead atoms. The highest BCUT2D eigenvalue weighted by Gasteiger charge is 2.26. The third-order valence-electron chi connectivity index (χ3n) is 3.97. The van der Waals surface area contributed by atoms with E-state index < -0.39 is 5.97 Å². The zero-order valence-corrected chi connectivity index (χ0v) is 15.2. The maximum absolute atomic E-state index is 10.9. The number of ether oxygens (including phenoxy) is 3. The van der Waals surface area contributed by atoms with E-state index in [2.05, 4.69) is 25.2 Å². The van der Waals surface area contributed by atoms with Gasteiger partial charge in [-0.05, 0) is 26.7 Å². The second-order valence-corrected chi connectivity index (χ2v) is 6.27. The molecule has 0 saturated heterocycles. The van der Waals surface area contributed by atoms with Crippen LogP contribution in [0.15, 0.2) is 35.5 Å². The predicted molar refractivity (Wildman–Crippen MR) is 94.0 cm³/mol. The molecule has 0 radical (unpaired) electrons. The van der Waals surface area contributed by atoms with Gasteiger partial charge >= 0.3 is 5.97 Å². The first-order chi connectivity index (χ1) is 11.4. The van der Waals surface area contributed by atoms with Crippen molar-refractivity contribution in [3.8, 4) is 0 Å². The third-order valence-corrected chi connectivity index (χ3v) is 3.97. The Hall–Kier alpha value is -1.43. The lowest BCUT2D eigenvalue weighted by atomic mass is 9.96. The van der Waals surface area contributed by atoms with Gasteiger partial charge in [-0.15, -0.1) is 0 Å². The molecule has 24 heavy (non-hydrogen) atoms. The second-order valence-electron chi connectivity index (χ2n) is 6.27. The number of carboxylic acid groups (broad SMARTS) is 1. The van der Waals surface area contributed by atoms with E-state index in [1.807, 2.05) is 19.9 Å². The molecule has 136 valence electrons. The van der Waals surface area contributed by atoms with Crippen LogP contribution in [0.4, 0.5) is 0 Å². The van der Waals surface area contributed by atoms with Crippen molar-refractivity contribution in [1.29, 1.82) is 0 Å².